The van der Waals surface area contributed by atoms with Gasteiger partial charge in [0, 0.05) is 12.8 Å². The zero-order valence-electron chi connectivity index (χ0n) is 7.58. The molecule has 0 rings (SSSR count). The summed E-state index contributed by atoms with van der Waals surface area (Å²) in [7, 11) is 2.02. The number of nitriles is 2. The fourth-order valence-electron chi connectivity index (χ4n) is 0.968. The first kappa shape index (κ1) is 10.9. The first-order valence-electron chi connectivity index (χ1n) is 4.23. The maximum atomic E-state index is 8.28. The summed E-state index contributed by atoms with van der Waals surface area (Å²) in [6.45, 7) is 1.91. The maximum Gasteiger partial charge on any atom is 0.0622 e. The van der Waals surface area contributed by atoms with Gasteiger partial charge in [-0.2, -0.15) is 10.5 Å². The lowest BCUT2D eigenvalue weighted by Crippen LogP contribution is -2.20. The Balaban J connectivity index is 3.18. The van der Waals surface area contributed by atoms with E-state index < -0.39 is 0 Å². The summed E-state index contributed by atoms with van der Waals surface area (Å²) in [6, 6.07) is 4.22. The molecule has 0 aliphatic rings. The van der Waals surface area contributed by atoms with Crippen molar-refractivity contribution in [2.45, 2.75) is 25.7 Å². The van der Waals surface area contributed by atoms with Crippen LogP contribution in [0.25, 0.3) is 0 Å². The molecular weight excluding hydrogens is 150 g/mol. The molecule has 0 aliphatic carbocycles. The van der Waals surface area contributed by atoms with Crippen LogP contribution in [0.15, 0.2) is 0 Å². The Hall–Kier alpha value is -1.06. The summed E-state index contributed by atoms with van der Waals surface area (Å²) in [5.74, 6) is 0. The van der Waals surface area contributed by atoms with Crippen molar-refractivity contribution in [3.05, 3.63) is 0 Å². The minimum absolute atomic E-state index is 0.628. The van der Waals surface area contributed by atoms with E-state index in [1.165, 1.54) is 0 Å². The van der Waals surface area contributed by atoms with E-state index in [-0.39, 0.29) is 0 Å². The zero-order valence-corrected chi connectivity index (χ0v) is 7.58. The van der Waals surface area contributed by atoms with Crippen LogP contribution in [0.5, 0.6) is 0 Å². The van der Waals surface area contributed by atoms with Crippen LogP contribution < -0.4 is 0 Å². The third kappa shape index (κ3) is 7.05. The van der Waals surface area contributed by atoms with Crippen molar-refractivity contribution in [2.24, 2.45) is 0 Å². The number of hydrogen-bond donors (Lipinski definition) is 0. The lowest BCUT2D eigenvalue weighted by molar-refractivity contribution is 0.328. The highest BCUT2D eigenvalue weighted by molar-refractivity contribution is 4.71. The Morgan fingerprint density at radius 3 is 1.75 bits per heavy atom. The Kier molecular flexibility index (Phi) is 7.33. The summed E-state index contributed by atoms with van der Waals surface area (Å²) in [6.07, 6.45) is 3.12. The van der Waals surface area contributed by atoms with Crippen molar-refractivity contribution in [2.75, 3.05) is 20.1 Å². The highest BCUT2D eigenvalue weighted by Gasteiger charge is 1.96. The second-order valence-electron chi connectivity index (χ2n) is 2.83. The van der Waals surface area contributed by atoms with Crippen LogP contribution in [-0.2, 0) is 0 Å². The van der Waals surface area contributed by atoms with Gasteiger partial charge in [0.1, 0.15) is 0 Å². The molecule has 0 atom stereocenters. The Morgan fingerprint density at radius 2 is 1.42 bits per heavy atom. The standard InChI is InChI=1S/C9H15N3/c1-12(8-4-2-6-10)9-5-3-7-11/h2-5,8-9H2,1H3. The highest BCUT2D eigenvalue weighted by Crippen LogP contribution is 1.94. The molecule has 0 aromatic carbocycles. The minimum atomic E-state index is 0.628. The van der Waals surface area contributed by atoms with Gasteiger partial charge in [-0.15, -0.1) is 0 Å². The fraction of sp³-hybridized carbons (Fsp3) is 0.778. The first-order chi connectivity index (χ1) is 5.81. The average molecular weight is 165 g/mol. The largest absolute Gasteiger partial charge is 0.306 e. The number of unbranched alkanes of at least 4 members (excludes halogenated alkanes) is 2. The molecule has 0 saturated heterocycles. The van der Waals surface area contributed by atoms with E-state index in [9.17, 15) is 0 Å². The van der Waals surface area contributed by atoms with Crippen molar-refractivity contribution in [3.8, 4) is 12.1 Å². The van der Waals surface area contributed by atoms with Gasteiger partial charge in [0.15, 0.2) is 0 Å². The summed E-state index contributed by atoms with van der Waals surface area (Å²) in [4.78, 5) is 2.16. The van der Waals surface area contributed by atoms with Crippen LogP contribution >= 0.6 is 0 Å². The molecule has 0 radical (unpaired) electrons. The Labute approximate surface area is 74.2 Å². The molecule has 0 fully saturated rings. The van der Waals surface area contributed by atoms with Gasteiger partial charge < -0.3 is 4.90 Å². The number of rotatable bonds is 6. The van der Waals surface area contributed by atoms with Crippen molar-refractivity contribution >= 4 is 0 Å². The molecule has 3 heteroatoms. The summed E-state index contributed by atoms with van der Waals surface area (Å²) >= 11 is 0. The van der Waals surface area contributed by atoms with E-state index in [1.807, 2.05) is 7.05 Å². The zero-order chi connectivity index (χ0) is 9.23. The molecule has 0 spiro atoms. The van der Waals surface area contributed by atoms with E-state index >= 15 is 0 Å². The van der Waals surface area contributed by atoms with Gasteiger partial charge in [0.05, 0.1) is 12.1 Å². The van der Waals surface area contributed by atoms with Crippen molar-refractivity contribution in [1.82, 2.24) is 4.90 Å². The minimum Gasteiger partial charge on any atom is -0.306 e. The normalized spacial score (nSPS) is 9.33. The molecule has 0 saturated carbocycles. The van der Waals surface area contributed by atoms with Crippen LogP contribution in [0.2, 0.25) is 0 Å². The lowest BCUT2D eigenvalue weighted by Gasteiger charge is -2.13. The van der Waals surface area contributed by atoms with Crippen LogP contribution in [0.4, 0.5) is 0 Å². The molecule has 0 heterocycles. The highest BCUT2D eigenvalue weighted by atomic mass is 15.1. The SMILES string of the molecule is CN(CCCC#N)CCCC#N. The van der Waals surface area contributed by atoms with E-state index in [1.54, 1.807) is 0 Å². The van der Waals surface area contributed by atoms with Crippen LogP contribution in [0, 0.1) is 22.7 Å². The molecule has 12 heavy (non-hydrogen) atoms. The van der Waals surface area contributed by atoms with Gasteiger partial charge in [-0.3, -0.25) is 0 Å². The predicted molar refractivity (Wildman–Crippen MR) is 47.2 cm³/mol. The maximum absolute atomic E-state index is 8.28. The lowest BCUT2D eigenvalue weighted by atomic mass is 10.3. The second-order valence-corrected chi connectivity index (χ2v) is 2.83. The Bertz CT molecular complexity index is 155. The van der Waals surface area contributed by atoms with Crippen molar-refractivity contribution < 1.29 is 0 Å². The monoisotopic (exact) mass is 165 g/mol. The molecular formula is C9H15N3. The molecule has 3 nitrogen and oxygen atoms in total. The predicted octanol–water partition coefficient (Wildman–Crippen LogP) is 1.53. The molecule has 0 aromatic heterocycles. The van der Waals surface area contributed by atoms with Gasteiger partial charge >= 0.3 is 0 Å². The molecule has 0 bridgehead atoms. The third-order valence-corrected chi connectivity index (χ3v) is 1.66. The van der Waals surface area contributed by atoms with Crippen molar-refractivity contribution in [1.29, 1.82) is 10.5 Å². The third-order valence-electron chi connectivity index (χ3n) is 1.66. The Morgan fingerprint density at radius 1 is 1.00 bits per heavy atom. The van der Waals surface area contributed by atoms with Crippen LogP contribution in [0.3, 0.4) is 0 Å². The van der Waals surface area contributed by atoms with E-state index in [2.05, 4.69) is 17.0 Å². The quantitative estimate of drug-likeness (QED) is 0.561. The molecule has 0 amide bonds. The summed E-state index contributed by atoms with van der Waals surface area (Å²) in [5, 5.41) is 16.6. The molecule has 66 valence electrons. The fourth-order valence-corrected chi connectivity index (χ4v) is 0.968. The smallest absolute Gasteiger partial charge is 0.0622 e. The van der Waals surface area contributed by atoms with E-state index in [0.29, 0.717) is 12.8 Å². The van der Waals surface area contributed by atoms with Gasteiger partial charge in [-0.1, -0.05) is 0 Å². The van der Waals surface area contributed by atoms with Gasteiger partial charge in [0.25, 0.3) is 0 Å². The van der Waals surface area contributed by atoms with Gasteiger partial charge in [0.2, 0.25) is 0 Å². The topological polar surface area (TPSA) is 50.8 Å². The van der Waals surface area contributed by atoms with Crippen LogP contribution in [-0.4, -0.2) is 25.0 Å². The van der Waals surface area contributed by atoms with Gasteiger partial charge in [-0.05, 0) is 33.0 Å². The first-order valence-corrected chi connectivity index (χ1v) is 4.23. The second kappa shape index (κ2) is 8.04. The van der Waals surface area contributed by atoms with Crippen molar-refractivity contribution in [3.63, 3.8) is 0 Å². The molecule has 0 aromatic rings. The van der Waals surface area contributed by atoms with Crippen LogP contribution in [0.1, 0.15) is 25.7 Å². The number of nitrogens with zero attached hydrogens (tertiary/aromatic N) is 3. The molecule has 0 aliphatic heterocycles. The average Bonchev–Trinajstić information content (AvgIpc) is 2.06. The van der Waals surface area contributed by atoms with E-state index in [4.69, 9.17) is 10.5 Å². The van der Waals surface area contributed by atoms with Gasteiger partial charge in [-0.25, -0.2) is 0 Å². The summed E-state index contributed by atoms with van der Waals surface area (Å²) < 4.78 is 0. The number of hydrogen-bond acceptors (Lipinski definition) is 3. The molecule has 0 unspecified atom stereocenters. The summed E-state index contributed by atoms with van der Waals surface area (Å²) in [5.41, 5.74) is 0. The molecule has 0 N–H and O–H groups in total. The van der Waals surface area contributed by atoms with E-state index in [0.717, 1.165) is 25.9 Å².